The Morgan fingerprint density at radius 1 is 0.857 bits per heavy atom. The minimum atomic E-state index is -0.935. The second-order valence-electron chi connectivity index (χ2n) is 3.93. The lowest BCUT2D eigenvalue weighted by Gasteiger charge is -1.99. The van der Waals surface area contributed by atoms with Gasteiger partial charge < -0.3 is 20.6 Å². The summed E-state index contributed by atoms with van der Waals surface area (Å²) in [6, 6.07) is 0. The van der Waals surface area contributed by atoms with Crippen LogP contribution in [0.2, 0.25) is 0 Å². The zero-order valence-corrected chi connectivity index (χ0v) is 12.6. The third kappa shape index (κ3) is 23.1. The van der Waals surface area contributed by atoms with Gasteiger partial charge in [0.1, 0.15) is 0 Å². The van der Waals surface area contributed by atoms with Crippen LogP contribution in [0.25, 0.3) is 0 Å². The lowest BCUT2D eigenvalue weighted by molar-refractivity contribution is -0.133. The van der Waals surface area contributed by atoms with Crippen LogP contribution in [0.5, 0.6) is 0 Å². The van der Waals surface area contributed by atoms with Gasteiger partial charge in [0.2, 0.25) is 5.91 Å². The first kappa shape index (κ1) is 23.7. The monoisotopic (exact) mass is 301 g/mol. The highest BCUT2D eigenvalue weighted by Crippen LogP contribution is 1.83. The van der Waals surface area contributed by atoms with Crippen LogP contribution < -0.4 is 5.32 Å². The maximum atomic E-state index is 10.6. The summed E-state index contributed by atoms with van der Waals surface area (Å²) < 4.78 is 0. The molecule has 0 saturated heterocycles. The van der Waals surface area contributed by atoms with E-state index in [1.54, 1.807) is 6.92 Å². The molecule has 0 aromatic carbocycles. The van der Waals surface area contributed by atoms with Crippen LogP contribution in [0.4, 0.5) is 0 Å². The van der Waals surface area contributed by atoms with Crippen LogP contribution in [0.3, 0.4) is 0 Å². The van der Waals surface area contributed by atoms with E-state index in [2.05, 4.69) is 25.1 Å². The van der Waals surface area contributed by atoms with Gasteiger partial charge in [0.05, 0.1) is 6.61 Å². The highest BCUT2D eigenvalue weighted by molar-refractivity contribution is 5.92. The van der Waals surface area contributed by atoms with Crippen molar-refractivity contribution in [2.45, 2.75) is 20.8 Å². The highest BCUT2D eigenvalue weighted by atomic mass is 16.4. The zero-order chi connectivity index (χ0) is 17.6. The molecule has 0 aliphatic rings. The van der Waals surface area contributed by atoms with E-state index in [-0.39, 0.29) is 23.7 Å². The van der Waals surface area contributed by atoms with Gasteiger partial charge in [-0.05, 0) is 20.8 Å². The smallest absolute Gasteiger partial charge is 0.330 e. The second-order valence-corrected chi connectivity index (χ2v) is 3.93. The predicted molar refractivity (Wildman–Crippen MR) is 79.8 cm³/mol. The summed E-state index contributed by atoms with van der Waals surface area (Å²) in [6.07, 6.45) is 0. The molecule has 0 saturated carbocycles. The molecular formula is C14H23NO6. The van der Waals surface area contributed by atoms with Gasteiger partial charge >= 0.3 is 11.9 Å². The fourth-order valence-electron chi connectivity index (χ4n) is 0.320. The van der Waals surface area contributed by atoms with Gasteiger partial charge in [0.25, 0.3) is 0 Å². The van der Waals surface area contributed by atoms with E-state index in [4.69, 9.17) is 15.3 Å². The minimum Gasteiger partial charge on any atom is -0.478 e. The van der Waals surface area contributed by atoms with Gasteiger partial charge in [0.15, 0.2) is 0 Å². The molecule has 0 aromatic heterocycles. The van der Waals surface area contributed by atoms with E-state index in [1.165, 1.54) is 13.8 Å². The molecule has 7 heteroatoms. The van der Waals surface area contributed by atoms with Gasteiger partial charge in [-0.2, -0.15) is 0 Å². The molecule has 1 amide bonds. The number of rotatable bonds is 5. The van der Waals surface area contributed by atoms with Crippen molar-refractivity contribution in [3.63, 3.8) is 0 Å². The van der Waals surface area contributed by atoms with Crippen LogP contribution in [-0.4, -0.2) is 46.3 Å². The molecule has 0 rings (SSSR count). The third-order valence-corrected chi connectivity index (χ3v) is 1.52. The van der Waals surface area contributed by atoms with Crippen molar-refractivity contribution in [2.75, 3.05) is 13.2 Å². The molecule has 0 aliphatic carbocycles. The van der Waals surface area contributed by atoms with E-state index in [9.17, 15) is 14.4 Å². The number of hydrogen-bond acceptors (Lipinski definition) is 4. The Morgan fingerprint density at radius 3 is 1.29 bits per heavy atom. The van der Waals surface area contributed by atoms with Crippen LogP contribution in [0, 0.1) is 0 Å². The van der Waals surface area contributed by atoms with Crippen LogP contribution >= 0.6 is 0 Å². The average molecular weight is 301 g/mol. The predicted octanol–water partition coefficient (Wildman–Crippen LogP) is 0.965. The number of carbonyl (C=O) groups is 3. The summed E-state index contributed by atoms with van der Waals surface area (Å²) in [5.41, 5.74) is 0.813. The summed E-state index contributed by atoms with van der Waals surface area (Å²) in [7, 11) is 0. The lowest BCUT2D eigenvalue weighted by Crippen LogP contribution is -2.26. The summed E-state index contributed by atoms with van der Waals surface area (Å²) in [4.78, 5) is 29.8. The number of aliphatic hydroxyl groups excluding tert-OH is 1. The number of aliphatic carboxylic acids is 2. The van der Waals surface area contributed by atoms with Crippen molar-refractivity contribution in [1.29, 1.82) is 0 Å². The molecule has 0 aromatic rings. The van der Waals surface area contributed by atoms with Gasteiger partial charge in [-0.1, -0.05) is 19.7 Å². The Labute approximate surface area is 124 Å². The van der Waals surface area contributed by atoms with Crippen molar-refractivity contribution in [3.8, 4) is 0 Å². The van der Waals surface area contributed by atoms with Gasteiger partial charge in [-0.3, -0.25) is 4.79 Å². The molecule has 0 atom stereocenters. The third-order valence-electron chi connectivity index (χ3n) is 1.52. The average Bonchev–Trinajstić information content (AvgIpc) is 2.36. The highest BCUT2D eigenvalue weighted by Gasteiger charge is 1.97. The molecule has 0 unspecified atom stereocenters. The number of hydrogen-bond donors (Lipinski definition) is 4. The topological polar surface area (TPSA) is 124 Å². The Hall–Kier alpha value is -2.41. The van der Waals surface area contributed by atoms with Gasteiger partial charge in [-0.15, -0.1) is 0 Å². The molecule has 0 aliphatic heterocycles. The SMILES string of the molecule is C=C(C)C(=O)NCCO.C=C(C)C(=O)O.C=C(C)C(=O)O. The van der Waals surface area contributed by atoms with E-state index < -0.39 is 11.9 Å². The first-order chi connectivity index (χ1) is 9.47. The summed E-state index contributed by atoms with van der Waals surface area (Å²) in [6.45, 7) is 14.5. The minimum absolute atomic E-state index is 0.0288. The van der Waals surface area contributed by atoms with E-state index in [1.807, 2.05) is 0 Å². The largest absolute Gasteiger partial charge is 0.478 e. The summed E-state index contributed by atoms with van der Waals surface area (Å²) in [5.74, 6) is -2.07. The number of carboxylic acid groups (broad SMARTS) is 2. The molecule has 0 bridgehead atoms. The molecule has 0 fully saturated rings. The number of carbonyl (C=O) groups excluding carboxylic acids is 1. The molecule has 4 N–H and O–H groups in total. The van der Waals surface area contributed by atoms with Crippen molar-refractivity contribution >= 4 is 17.8 Å². The van der Waals surface area contributed by atoms with Crippen LogP contribution in [-0.2, 0) is 14.4 Å². The number of carboxylic acids is 2. The first-order valence-electron chi connectivity index (χ1n) is 5.79. The summed E-state index contributed by atoms with van der Waals surface area (Å²) >= 11 is 0. The second kappa shape index (κ2) is 14.0. The van der Waals surface area contributed by atoms with E-state index in [0.29, 0.717) is 12.1 Å². The Morgan fingerprint density at radius 2 is 1.14 bits per heavy atom. The van der Waals surface area contributed by atoms with Crippen LogP contribution in [0.1, 0.15) is 20.8 Å². The zero-order valence-electron chi connectivity index (χ0n) is 12.6. The maximum absolute atomic E-state index is 10.6. The van der Waals surface area contributed by atoms with Crippen LogP contribution in [0.15, 0.2) is 36.5 Å². The molecule has 0 heterocycles. The Balaban J connectivity index is -0.000000240. The molecular weight excluding hydrogens is 278 g/mol. The Bertz CT molecular complexity index is 364. The number of nitrogens with one attached hydrogen (secondary N) is 1. The van der Waals surface area contributed by atoms with E-state index >= 15 is 0 Å². The van der Waals surface area contributed by atoms with Crippen molar-refractivity contribution in [3.05, 3.63) is 36.5 Å². The normalized spacial score (nSPS) is 8.00. The lowest BCUT2D eigenvalue weighted by atomic mass is 10.3. The summed E-state index contributed by atoms with van der Waals surface area (Å²) in [5, 5.41) is 26.5. The molecule has 21 heavy (non-hydrogen) atoms. The van der Waals surface area contributed by atoms with Crippen molar-refractivity contribution < 1.29 is 29.7 Å². The molecule has 0 spiro atoms. The standard InChI is InChI=1S/C6H11NO2.2C4H6O2/c1-5(2)6(9)7-3-4-8;2*1-3(2)4(5)6/h8H,1,3-4H2,2H3,(H,7,9);2*1H2,2H3,(H,5,6). The fourth-order valence-corrected chi connectivity index (χ4v) is 0.320. The number of aliphatic hydroxyl groups is 1. The molecule has 7 nitrogen and oxygen atoms in total. The maximum Gasteiger partial charge on any atom is 0.330 e. The van der Waals surface area contributed by atoms with Gasteiger partial charge in [0, 0.05) is 23.3 Å². The van der Waals surface area contributed by atoms with Crippen molar-refractivity contribution in [1.82, 2.24) is 5.32 Å². The molecule has 120 valence electrons. The quantitative estimate of drug-likeness (QED) is 0.561. The molecule has 0 radical (unpaired) electrons. The first-order valence-corrected chi connectivity index (χ1v) is 5.79. The number of amides is 1. The Kier molecular flexibility index (Phi) is 15.8. The van der Waals surface area contributed by atoms with Gasteiger partial charge in [-0.25, -0.2) is 9.59 Å². The fraction of sp³-hybridized carbons (Fsp3) is 0.357. The van der Waals surface area contributed by atoms with Crippen molar-refractivity contribution in [2.24, 2.45) is 0 Å². The van der Waals surface area contributed by atoms with E-state index in [0.717, 1.165) is 0 Å².